The fourth-order valence-electron chi connectivity index (χ4n) is 4.48. The average Bonchev–Trinajstić information content (AvgIpc) is 3.19. The Morgan fingerprint density at radius 3 is 2.06 bits per heavy atom. The lowest BCUT2D eigenvalue weighted by Gasteiger charge is -2.09. The lowest BCUT2D eigenvalue weighted by atomic mass is 10.1. The summed E-state index contributed by atoms with van der Waals surface area (Å²) in [6.45, 7) is 2.04. The van der Waals surface area contributed by atoms with Gasteiger partial charge in [-0.05, 0) is 48.4 Å². The average molecular weight is 447 g/mol. The van der Waals surface area contributed by atoms with E-state index in [9.17, 15) is 0 Å². The molecule has 2 aromatic heterocycles. The third-order valence-electron chi connectivity index (χ3n) is 5.95. The minimum Gasteiger partial charge on any atom is -0.309 e. The molecule has 0 atom stereocenters. The van der Waals surface area contributed by atoms with Gasteiger partial charge in [0.05, 0.1) is 11.0 Å². The molecule has 0 aliphatic heterocycles. The maximum absolute atomic E-state index is 6.41. The van der Waals surface area contributed by atoms with E-state index in [4.69, 9.17) is 16.6 Å². The van der Waals surface area contributed by atoms with Crippen molar-refractivity contribution in [3.63, 3.8) is 0 Å². The Labute approximate surface area is 196 Å². The van der Waals surface area contributed by atoms with Crippen LogP contribution in [0.15, 0.2) is 97.1 Å². The second kappa shape index (κ2) is 7.84. The summed E-state index contributed by atoms with van der Waals surface area (Å²) in [6.07, 6.45) is 0. The summed E-state index contributed by atoms with van der Waals surface area (Å²) < 4.78 is 2.28. The first-order valence-corrected chi connectivity index (χ1v) is 11.1. The number of halogens is 1. The van der Waals surface area contributed by atoms with E-state index < -0.39 is 0 Å². The van der Waals surface area contributed by atoms with Gasteiger partial charge in [-0.3, -0.25) is 0 Å². The first-order valence-electron chi connectivity index (χ1n) is 10.8. The van der Waals surface area contributed by atoms with Crippen molar-refractivity contribution in [2.75, 3.05) is 0 Å². The third-order valence-corrected chi connectivity index (χ3v) is 6.12. The van der Waals surface area contributed by atoms with Crippen LogP contribution in [0.3, 0.4) is 0 Å². The Morgan fingerprint density at radius 1 is 0.606 bits per heavy atom. The van der Waals surface area contributed by atoms with Gasteiger partial charge in [0.1, 0.15) is 0 Å². The number of nitrogens with zero attached hydrogens (tertiary/aromatic N) is 4. The van der Waals surface area contributed by atoms with Crippen LogP contribution in [-0.4, -0.2) is 19.5 Å². The molecule has 0 bridgehead atoms. The zero-order chi connectivity index (χ0) is 22.4. The van der Waals surface area contributed by atoms with Crippen molar-refractivity contribution in [3.8, 4) is 28.5 Å². The summed E-state index contributed by atoms with van der Waals surface area (Å²) >= 11 is 6.41. The number of benzene rings is 4. The van der Waals surface area contributed by atoms with Gasteiger partial charge in [-0.2, -0.15) is 9.97 Å². The van der Waals surface area contributed by atoms with Crippen LogP contribution in [0.4, 0.5) is 0 Å². The molecule has 4 aromatic carbocycles. The third kappa shape index (κ3) is 3.27. The maximum atomic E-state index is 6.41. The van der Waals surface area contributed by atoms with Crippen molar-refractivity contribution >= 4 is 33.4 Å². The van der Waals surface area contributed by atoms with E-state index >= 15 is 0 Å². The van der Waals surface area contributed by atoms with Gasteiger partial charge in [0.2, 0.25) is 5.28 Å². The van der Waals surface area contributed by atoms with Gasteiger partial charge in [0.15, 0.2) is 11.6 Å². The Balaban J connectivity index is 1.67. The lowest BCUT2D eigenvalue weighted by molar-refractivity contribution is 1.06. The number of hydrogen-bond donors (Lipinski definition) is 0. The molecule has 33 heavy (non-hydrogen) atoms. The highest BCUT2D eigenvalue weighted by atomic mass is 35.5. The molecule has 0 aliphatic rings. The largest absolute Gasteiger partial charge is 0.309 e. The summed E-state index contributed by atoms with van der Waals surface area (Å²) in [6, 6.07) is 33.1. The predicted molar refractivity (Wildman–Crippen MR) is 135 cm³/mol. The number of aryl methyl sites for hydroxylation is 1. The van der Waals surface area contributed by atoms with Gasteiger partial charge >= 0.3 is 0 Å². The summed E-state index contributed by atoms with van der Waals surface area (Å²) in [4.78, 5) is 13.8. The van der Waals surface area contributed by atoms with E-state index in [1.807, 2.05) is 43.3 Å². The molecule has 0 radical (unpaired) electrons. The Bertz CT molecular complexity index is 1640. The minimum atomic E-state index is 0.182. The number of hydrogen-bond acceptors (Lipinski definition) is 3. The van der Waals surface area contributed by atoms with Crippen LogP contribution in [0.25, 0.3) is 50.3 Å². The van der Waals surface area contributed by atoms with Gasteiger partial charge in [-0.15, -0.1) is 0 Å². The van der Waals surface area contributed by atoms with Crippen LogP contribution in [-0.2, 0) is 0 Å². The number of para-hydroxylation sites is 2. The normalized spacial score (nSPS) is 11.3. The van der Waals surface area contributed by atoms with Gasteiger partial charge in [-0.25, -0.2) is 4.98 Å². The second-order valence-corrected chi connectivity index (χ2v) is 8.29. The quantitative estimate of drug-likeness (QED) is 0.287. The highest BCUT2D eigenvalue weighted by molar-refractivity contribution is 6.28. The molecule has 6 rings (SSSR count). The lowest BCUT2D eigenvalue weighted by Crippen LogP contribution is -1.99. The molecule has 0 N–H and O–H groups in total. The Morgan fingerprint density at radius 2 is 1.24 bits per heavy atom. The monoisotopic (exact) mass is 446 g/mol. The number of rotatable bonds is 3. The molecule has 0 aliphatic carbocycles. The molecule has 158 valence electrons. The molecule has 2 heterocycles. The molecule has 0 amide bonds. The number of aromatic nitrogens is 4. The van der Waals surface area contributed by atoms with Gasteiger partial charge < -0.3 is 4.57 Å². The zero-order valence-electron chi connectivity index (χ0n) is 17.9. The van der Waals surface area contributed by atoms with Crippen molar-refractivity contribution in [1.82, 2.24) is 19.5 Å². The van der Waals surface area contributed by atoms with Crippen LogP contribution in [0.1, 0.15) is 5.56 Å². The molecular weight excluding hydrogens is 428 g/mol. The predicted octanol–water partition coefficient (Wildman–Crippen LogP) is 7.26. The van der Waals surface area contributed by atoms with E-state index in [0.29, 0.717) is 11.6 Å². The van der Waals surface area contributed by atoms with Gasteiger partial charge in [-0.1, -0.05) is 72.8 Å². The highest BCUT2D eigenvalue weighted by Crippen LogP contribution is 2.38. The van der Waals surface area contributed by atoms with Crippen molar-refractivity contribution in [2.45, 2.75) is 6.92 Å². The van der Waals surface area contributed by atoms with Crippen molar-refractivity contribution in [3.05, 3.63) is 108 Å². The topological polar surface area (TPSA) is 43.6 Å². The maximum Gasteiger partial charge on any atom is 0.226 e. The van der Waals surface area contributed by atoms with E-state index in [2.05, 4.69) is 75.2 Å². The van der Waals surface area contributed by atoms with Gasteiger partial charge in [0.25, 0.3) is 0 Å². The highest BCUT2D eigenvalue weighted by Gasteiger charge is 2.18. The van der Waals surface area contributed by atoms with Crippen LogP contribution in [0.2, 0.25) is 5.28 Å². The van der Waals surface area contributed by atoms with E-state index in [1.165, 1.54) is 0 Å². The molecule has 6 aromatic rings. The Kier molecular flexibility index (Phi) is 4.67. The fraction of sp³-hybridized carbons (Fsp3) is 0.0357. The van der Waals surface area contributed by atoms with Crippen molar-refractivity contribution in [1.29, 1.82) is 0 Å². The molecule has 0 fully saturated rings. The molecule has 4 nitrogen and oxygen atoms in total. The smallest absolute Gasteiger partial charge is 0.226 e. The molecule has 5 heteroatoms. The van der Waals surface area contributed by atoms with E-state index in [1.54, 1.807) is 0 Å². The number of fused-ring (bicyclic) bond motifs is 3. The molecular formula is C28H19ClN4. The molecule has 0 saturated heterocycles. The second-order valence-electron chi connectivity index (χ2n) is 7.95. The minimum absolute atomic E-state index is 0.182. The van der Waals surface area contributed by atoms with E-state index in [0.717, 1.165) is 44.2 Å². The van der Waals surface area contributed by atoms with Gasteiger partial charge in [0, 0.05) is 27.6 Å². The SMILES string of the molecule is Cc1ccccc1-c1nc(Cl)nc(-c2cccc3c2c2ccccc2n3-c2ccccc2)n1. The first-order chi connectivity index (χ1) is 16.2. The standard InChI is InChI=1S/C28H19ClN4/c1-18-10-5-6-13-20(18)26-30-27(32-28(29)31-26)22-15-9-17-24-25(22)21-14-7-8-16-23(21)33(24)19-11-3-2-4-12-19/h2-17H,1H3. The first kappa shape index (κ1) is 19.6. The molecule has 0 spiro atoms. The summed E-state index contributed by atoms with van der Waals surface area (Å²) in [7, 11) is 0. The fourth-order valence-corrected chi connectivity index (χ4v) is 4.64. The Hall–Kier alpha value is -4.02. The van der Waals surface area contributed by atoms with Crippen LogP contribution < -0.4 is 0 Å². The van der Waals surface area contributed by atoms with Crippen molar-refractivity contribution in [2.24, 2.45) is 0 Å². The molecule has 0 saturated carbocycles. The van der Waals surface area contributed by atoms with Crippen LogP contribution in [0, 0.1) is 6.92 Å². The zero-order valence-corrected chi connectivity index (χ0v) is 18.7. The van der Waals surface area contributed by atoms with Crippen LogP contribution in [0.5, 0.6) is 0 Å². The van der Waals surface area contributed by atoms with Crippen LogP contribution >= 0.6 is 11.6 Å². The van der Waals surface area contributed by atoms with E-state index in [-0.39, 0.29) is 5.28 Å². The summed E-state index contributed by atoms with van der Waals surface area (Å²) in [5.74, 6) is 1.14. The summed E-state index contributed by atoms with van der Waals surface area (Å²) in [5.41, 5.74) is 6.29. The molecule has 0 unspecified atom stereocenters. The summed E-state index contributed by atoms with van der Waals surface area (Å²) in [5, 5.41) is 2.41. The van der Waals surface area contributed by atoms with Crippen molar-refractivity contribution < 1.29 is 0 Å².